The van der Waals surface area contributed by atoms with Gasteiger partial charge >= 0.3 is 0 Å². The maximum absolute atomic E-state index is 6.36. The predicted octanol–water partition coefficient (Wildman–Crippen LogP) is 2.98. The minimum atomic E-state index is -0.00685. The van der Waals surface area contributed by atoms with Crippen LogP contribution in [0, 0.1) is 0 Å². The van der Waals surface area contributed by atoms with E-state index in [0.29, 0.717) is 0 Å². The Morgan fingerprint density at radius 3 is 2.63 bits per heavy atom. The first kappa shape index (κ1) is 13.8. The largest absolute Gasteiger partial charge is 0.496 e. The zero-order valence-corrected chi connectivity index (χ0v) is 11.4. The molecule has 3 nitrogen and oxygen atoms in total. The van der Waals surface area contributed by atoms with E-state index in [1.54, 1.807) is 7.11 Å². The molecule has 2 aromatic carbocycles. The fourth-order valence-electron chi connectivity index (χ4n) is 2.49. The SMILES string of the molecule is COc1ccc2ccccc2c1[C@H](N)CCCCN. The van der Waals surface area contributed by atoms with Gasteiger partial charge in [-0.05, 0) is 36.2 Å². The number of fused-ring (bicyclic) bond motifs is 1. The molecular weight excluding hydrogens is 236 g/mol. The lowest BCUT2D eigenvalue weighted by Gasteiger charge is -2.18. The summed E-state index contributed by atoms with van der Waals surface area (Å²) in [6.07, 6.45) is 2.99. The molecule has 0 radical (unpaired) electrons. The van der Waals surface area contributed by atoms with Crippen LogP contribution in [-0.2, 0) is 0 Å². The Bertz CT molecular complexity index is 539. The molecular formula is C16H22N2O. The predicted molar refractivity (Wildman–Crippen MR) is 80.3 cm³/mol. The summed E-state index contributed by atoms with van der Waals surface area (Å²) in [6, 6.07) is 12.4. The van der Waals surface area contributed by atoms with E-state index in [4.69, 9.17) is 16.2 Å². The molecule has 1 atom stereocenters. The van der Waals surface area contributed by atoms with Crippen molar-refractivity contribution in [2.45, 2.75) is 25.3 Å². The molecule has 0 amide bonds. The highest BCUT2D eigenvalue weighted by molar-refractivity contribution is 5.88. The molecule has 0 aliphatic rings. The van der Waals surface area contributed by atoms with Crippen molar-refractivity contribution in [2.24, 2.45) is 11.5 Å². The number of benzene rings is 2. The molecule has 19 heavy (non-hydrogen) atoms. The van der Waals surface area contributed by atoms with Crippen molar-refractivity contribution in [1.82, 2.24) is 0 Å². The summed E-state index contributed by atoms with van der Waals surface area (Å²) >= 11 is 0. The number of rotatable bonds is 6. The molecule has 0 aromatic heterocycles. The van der Waals surface area contributed by atoms with Crippen LogP contribution in [0.4, 0.5) is 0 Å². The van der Waals surface area contributed by atoms with E-state index in [9.17, 15) is 0 Å². The average molecular weight is 258 g/mol. The first-order valence-corrected chi connectivity index (χ1v) is 6.79. The van der Waals surface area contributed by atoms with Gasteiger partial charge in [-0.15, -0.1) is 0 Å². The molecule has 0 unspecified atom stereocenters. The third kappa shape index (κ3) is 3.06. The summed E-state index contributed by atoms with van der Waals surface area (Å²) in [7, 11) is 1.69. The molecule has 0 bridgehead atoms. The molecule has 0 spiro atoms. The quantitative estimate of drug-likeness (QED) is 0.783. The lowest BCUT2D eigenvalue weighted by Crippen LogP contribution is -2.13. The van der Waals surface area contributed by atoms with Crippen molar-refractivity contribution in [1.29, 1.82) is 0 Å². The molecule has 0 fully saturated rings. The summed E-state index contributed by atoms with van der Waals surface area (Å²) in [5.41, 5.74) is 13.0. The maximum Gasteiger partial charge on any atom is 0.124 e. The Balaban J connectivity index is 2.37. The van der Waals surface area contributed by atoms with Crippen LogP contribution >= 0.6 is 0 Å². The molecule has 0 aliphatic carbocycles. The molecule has 0 saturated carbocycles. The minimum absolute atomic E-state index is 0.00685. The first-order valence-electron chi connectivity index (χ1n) is 6.79. The number of nitrogens with two attached hydrogens (primary N) is 2. The Hall–Kier alpha value is -1.58. The monoisotopic (exact) mass is 258 g/mol. The highest BCUT2D eigenvalue weighted by Gasteiger charge is 2.15. The van der Waals surface area contributed by atoms with E-state index in [1.165, 1.54) is 10.8 Å². The van der Waals surface area contributed by atoms with Crippen molar-refractivity contribution in [3.8, 4) is 5.75 Å². The molecule has 102 valence electrons. The fourth-order valence-corrected chi connectivity index (χ4v) is 2.49. The van der Waals surface area contributed by atoms with Crippen LogP contribution in [0.25, 0.3) is 10.8 Å². The van der Waals surface area contributed by atoms with E-state index in [1.807, 2.05) is 18.2 Å². The molecule has 3 heteroatoms. The van der Waals surface area contributed by atoms with E-state index in [0.717, 1.165) is 37.1 Å². The molecule has 4 N–H and O–H groups in total. The third-order valence-corrected chi connectivity index (χ3v) is 3.49. The van der Waals surface area contributed by atoms with Gasteiger partial charge in [-0.1, -0.05) is 36.8 Å². The Kier molecular flexibility index (Phi) is 4.77. The summed E-state index contributed by atoms with van der Waals surface area (Å²) in [5, 5.41) is 2.38. The second-order valence-corrected chi connectivity index (χ2v) is 4.79. The lowest BCUT2D eigenvalue weighted by atomic mass is 9.95. The Morgan fingerprint density at radius 2 is 1.89 bits per heavy atom. The van der Waals surface area contributed by atoms with Gasteiger partial charge in [0.1, 0.15) is 5.75 Å². The first-order chi connectivity index (χ1) is 9.27. The van der Waals surface area contributed by atoms with Gasteiger partial charge in [0.15, 0.2) is 0 Å². The summed E-state index contributed by atoms with van der Waals surface area (Å²) < 4.78 is 5.48. The van der Waals surface area contributed by atoms with Gasteiger partial charge in [0, 0.05) is 11.6 Å². The third-order valence-electron chi connectivity index (χ3n) is 3.49. The van der Waals surface area contributed by atoms with Crippen LogP contribution in [0.3, 0.4) is 0 Å². The second kappa shape index (κ2) is 6.55. The van der Waals surface area contributed by atoms with Crippen LogP contribution in [0.15, 0.2) is 36.4 Å². The standard InChI is InChI=1S/C16H22N2O/c1-19-15-10-9-12-6-2-3-7-13(12)16(15)14(18)8-4-5-11-17/h2-3,6-7,9-10,14H,4-5,8,11,17-18H2,1H3/t14-/m1/s1. The van der Waals surface area contributed by atoms with Crippen LogP contribution in [0.5, 0.6) is 5.75 Å². The molecule has 0 saturated heterocycles. The van der Waals surface area contributed by atoms with Crippen LogP contribution in [-0.4, -0.2) is 13.7 Å². The van der Waals surface area contributed by atoms with Gasteiger partial charge in [0.25, 0.3) is 0 Å². The number of hydrogen-bond donors (Lipinski definition) is 2. The van der Waals surface area contributed by atoms with Crippen molar-refractivity contribution in [2.75, 3.05) is 13.7 Å². The van der Waals surface area contributed by atoms with Crippen molar-refractivity contribution in [3.05, 3.63) is 42.0 Å². The van der Waals surface area contributed by atoms with Gasteiger partial charge in [-0.2, -0.15) is 0 Å². The topological polar surface area (TPSA) is 61.3 Å². The van der Waals surface area contributed by atoms with Gasteiger partial charge in [-0.3, -0.25) is 0 Å². The zero-order valence-electron chi connectivity index (χ0n) is 11.4. The van der Waals surface area contributed by atoms with Gasteiger partial charge in [-0.25, -0.2) is 0 Å². The highest BCUT2D eigenvalue weighted by atomic mass is 16.5. The van der Waals surface area contributed by atoms with Crippen LogP contribution in [0.2, 0.25) is 0 Å². The van der Waals surface area contributed by atoms with E-state index < -0.39 is 0 Å². The molecule has 0 aliphatic heterocycles. The summed E-state index contributed by atoms with van der Waals surface area (Å²) in [6.45, 7) is 0.722. The number of unbranched alkanes of at least 4 members (excludes halogenated alkanes) is 1. The second-order valence-electron chi connectivity index (χ2n) is 4.79. The zero-order chi connectivity index (χ0) is 13.7. The Morgan fingerprint density at radius 1 is 1.11 bits per heavy atom. The van der Waals surface area contributed by atoms with Crippen molar-refractivity contribution in [3.63, 3.8) is 0 Å². The van der Waals surface area contributed by atoms with Crippen LogP contribution in [0.1, 0.15) is 30.9 Å². The highest BCUT2D eigenvalue weighted by Crippen LogP contribution is 2.33. The normalized spacial score (nSPS) is 12.6. The number of ether oxygens (including phenoxy) is 1. The maximum atomic E-state index is 6.36. The van der Waals surface area contributed by atoms with Gasteiger partial charge in [0.2, 0.25) is 0 Å². The fraction of sp³-hybridized carbons (Fsp3) is 0.375. The smallest absolute Gasteiger partial charge is 0.124 e. The lowest BCUT2D eigenvalue weighted by molar-refractivity contribution is 0.404. The molecule has 2 aromatic rings. The van der Waals surface area contributed by atoms with E-state index >= 15 is 0 Å². The van der Waals surface area contributed by atoms with E-state index in [2.05, 4.69) is 18.2 Å². The van der Waals surface area contributed by atoms with Gasteiger partial charge < -0.3 is 16.2 Å². The summed E-state index contributed by atoms with van der Waals surface area (Å²) in [4.78, 5) is 0. The number of methoxy groups -OCH3 is 1. The molecule has 2 rings (SSSR count). The minimum Gasteiger partial charge on any atom is -0.496 e. The molecule has 0 heterocycles. The number of hydrogen-bond acceptors (Lipinski definition) is 3. The van der Waals surface area contributed by atoms with Crippen LogP contribution < -0.4 is 16.2 Å². The average Bonchev–Trinajstić information content (AvgIpc) is 2.46. The summed E-state index contributed by atoms with van der Waals surface area (Å²) in [5.74, 6) is 0.874. The van der Waals surface area contributed by atoms with Crippen molar-refractivity contribution >= 4 is 10.8 Å². The van der Waals surface area contributed by atoms with Crippen molar-refractivity contribution < 1.29 is 4.74 Å². The van der Waals surface area contributed by atoms with E-state index in [-0.39, 0.29) is 6.04 Å². The Labute approximate surface area is 114 Å². The van der Waals surface area contributed by atoms with Gasteiger partial charge in [0.05, 0.1) is 7.11 Å².